The molecule has 9 heteroatoms. The molecule has 2 rings (SSSR count). The number of nitrogens with one attached hydrogen (secondary N) is 1. The monoisotopic (exact) mass is 373 g/mol. The van der Waals surface area contributed by atoms with Crippen LogP contribution in [0.15, 0.2) is 59.5 Å². The second-order valence-corrected chi connectivity index (χ2v) is 7.11. The van der Waals surface area contributed by atoms with Gasteiger partial charge in [0.1, 0.15) is 5.75 Å². The molecule has 2 aromatic rings. The number of ether oxygens (including phenoxy) is 1. The molecule has 2 aromatic carbocycles. The van der Waals surface area contributed by atoms with E-state index in [0.717, 1.165) is 12.1 Å². The molecule has 0 unspecified atom stereocenters. The fourth-order valence-corrected chi connectivity index (χ4v) is 3.20. The molecule has 0 aliphatic heterocycles. The second-order valence-electron chi connectivity index (χ2n) is 5.00. The fraction of sp³-hybridized carbons (Fsp3) is 0.188. The standard InChI is InChI=1S/C16H14F3NO4S/c17-16(18,19)24-13-8-6-12(7-9-13)20-15(21)10-11-25(22,23)14-4-2-1-3-5-14/h1-9H,10-11H2,(H,20,21). The minimum Gasteiger partial charge on any atom is -0.406 e. The SMILES string of the molecule is O=C(CCS(=O)(=O)c1ccccc1)Nc1ccc(OC(F)(F)F)cc1. The summed E-state index contributed by atoms with van der Waals surface area (Å²) in [5.74, 6) is -1.36. The highest BCUT2D eigenvalue weighted by molar-refractivity contribution is 7.91. The largest absolute Gasteiger partial charge is 0.573 e. The Morgan fingerprint density at radius 1 is 1.00 bits per heavy atom. The van der Waals surface area contributed by atoms with Gasteiger partial charge in [0, 0.05) is 12.1 Å². The lowest BCUT2D eigenvalue weighted by Gasteiger charge is -2.10. The Morgan fingerprint density at radius 3 is 2.16 bits per heavy atom. The van der Waals surface area contributed by atoms with E-state index in [1.165, 1.54) is 24.3 Å². The molecule has 5 nitrogen and oxygen atoms in total. The Bertz CT molecular complexity index is 819. The van der Waals surface area contributed by atoms with Crippen LogP contribution in [0, 0.1) is 0 Å². The minimum atomic E-state index is -4.80. The van der Waals surface area contributed by atoms with Crippen LogP contribution < -0.4 is 10.1 Å². The molecule has 0 aromatic heterocycles. The number of hydrogen-bond acceptors (Lipinski definition) is 4. The predicted octanol–water partition coefficient (Wildman–Crippen LogP) is 3.39. The van der Waals surface area contributed by atoms with Gasteiger partial charge in [-0.25, -0.2) is 8.42 Å². The molecule has 1 N–H and O–H groups in total. The zero-order valence-electron chi connectivity index (χ0n) is 12.8. The van der Waals surface area contributed by atoms with E-state index < -0.39 is 27.9 Å². The van der Waals surface area contributed by atoms with Gasteiger partial charge in [0.2, 0.25) is 5.91 Å². The van der Waals surface area contributed by atoms with Crippen molar-refractivity contribution in [2.75, 3.05) is 11.1 Å². The third kappa shape index (κ3) is 6.11. The highest BCUT2D eigenvalue weighted by Gasteiger charge is 2.30. The summed E-state index contributed by atoms with van der Waals surface area (Å²) in [6.07, 6.45) is -5.07. The molecule has 0 bridgehead atoms. The highest BCUT2D eigenvalue weighted by atomic mass is 32.2. The zero-order chi connectivity index (χ0) is 18.5. The first kappa shape index (κ1) is 18.8. The number of halogens is 3. The summed E-state index contributed by atoms with van der Waals surface area (Å²) in [5.41, 5.74) is 0.233. The van der Waals surface area contributed by atoms with E-state index in [0.29, 0.717) is 0 Å². The van der Waals surface area contributed by atoms with Crippen molar-refractivity contribution in [3.05, 3.63) is 54.6 Å². The molecule has 25 heavy (non-hydrogen) atoms. The van der Waals surface area contributed by atoms with Crippen LogP contribution in [0.25, 0.3) is 0 Å². The molecule has 0 spiro atoms. The van der Waals surface area contributed by atoms with Crippen LogP contribution >= 0.6 is 0 Å². The van der Waals surface area contributed by atoms with Crippen LogP contribution in [-0.4, -0.2) is 26.4 Å². The molecule has 1 amide bonds. The van der Waals surface area contributed by atoms with Gasteiger partial charge in [0.05, 0.1) is 10.6 Å². The average Bonchev–Trinajstić information content (AvgIpc) is 2.54. The zero-order valence-corrected chi connectivity index (χ0v) is 13.6. The summed E-state index contributed by atoms with van der Waals surface area (Å²) in [6.45, 7) is 0. The van der Waals surface area contributed by atoms with Crippen molar-refractivity contribution in [1.82, 2.24) is 0 Å². The van der Waals surface area contributed by atoms with Gasteiger partial charge in [-0.3, -0.25) is 4.79 Å². The van der Waals surface area contributed by atoms with E-state index in [-0.39, 0.29) is 22.8 Å². The average molecular weight is 373 g/mol. The Kier molecular flexibility index (Phi) is 5.68. The van der Waals surface area contributed by atoms with Gasteiger partial charge >= 0.3 is 6.36 Å². The van der Waals surface area contributed by atoms with E-state index in [1.807, 2.05) is 0 Å². The quantitative estimate of drug-likeness (QED) is 0.843. The molecule has 0 radical (unpaired) electrons. The van der Waals surface area contributed by atoms with Gasteiger partial charge in [-0.15, -0.1) is 13.2 Å². The van der Waals surface area contributed by atoms with E-state index in [4.69, 9.17) is 0 Å². The fourth-order valence-electron chi connectivity index (χ4n) is 1.94. The molecule has 0 aliphatic carbocycles. The molecule has 0 fully saturated rings. The van der Waals surface area contributed by atoms with Gasteiger partial charge in [-0.1, -0.05) is 18.2 Å². The molecule has 0 atom stereocenters. The molecule has 0 saturated heterocycles. The van der Waals surface area contributed by atoms with Gasteiger partial charge in [0.15, 0.2) is 9.84 Å². The lowest BCUT2D eigenvalue weighted by Crippen LogP contribution is -2.18. The number of hydrogen-bond donors (Lipinski definition) is 1. The molecule has 0 aliphatic rings. The molecular formula is C16H14F3NO4S. The first-order valence-electron chi connectivity index (χ1n) is 7.09. The van der Waals surface area contributed by atoms with E-state index >= 15 is 0 Å². The van der Waals surface area contributed by atoms with Crippen LogP contribution in [0.2, 0.25) is 0 Å². The number of alkyl halides is 3. The topological polar surface area (TPSA) is 72.5 Å². The number of rotatable bonds is 6. The Balaban J connectivity index is 1.90. The van der Waals surface area contributed by atoms with Crippen LogP contribution in [0.4, 0.5) is 18.9 Å². The van der Waals surface area contributed by atoms with Crippen molar-refractivity contribution in [3.8, 4) is 5.75 Å². The minimum absolute atomic E-state index is 0.122. The first-order chi connectivity index (χ1) is 11.7. The van der Waals surface area contributed by atoms with E-state index in [1.54, 1.807) is 18.2 Å². The normalized spacial score (nSPS) is 11.8. The van der Waals surface area contributed by atoms with Crippen molar-refractivity contribution >= 4 is 21.4 Å². The molecule has 0 saturated carbocycles. The number of carbonyl (C=O) groups excluding carboxylic acids is 1. The third-order valence-electron chi connectivity index (χ3n) is 3.07. The van der Waals surface area contributed by atoms with Crippen molar-refractivity contribution in [2.24, 2.45) is 0 Å². The van der Waals surface area contributed by atoms with Crippen LogP contribution in [0.5, 0.6) is 5.75 Å². The van der Waals surface area contributed by atoms with Gasteiger partial charge in [-0.05, 0) is 36.4 Å². The Labute approximate surface area is 142 Å². The van der Waals surface area contributed by atoms with Crippen molar-refractivity contribution in [2.45, 2.75) is 17.7 Å². The van der Waals surface area contributed by atoms with Crippen molar-refractivity contribution < 1.29 is 31.1 Å². The maximum Gasteiger partial charge on any atom is 0.573 e. The van der Waals surface area contributed by atoms with E-state index in [2.05, 4.69) is 10.1 Å². The van der Waals surface area contributed by atoms with Crippen molar-refractivity contribution in [1.29, 1.82) is 0 Å². The first-order valence-corrected chi connectivity index (χ1v) is 8.74. The lowest BCUT2D eigenvalue weighted by atomic mass is 10.3. The maximum absolute atomic E-state index is 12.1. The van der Waals surface area contributed by atoms with Crippen LogP contribution in [-0.2, 0) is 14.6 Å². The molecular weight excluding hydrogens is 359 g/mol. The Morgan fingerprint density at radius 2 is 1.60 bits per heavy atom. The summed E-state index contributed by atoms with van der Waals surface area (Å²) in [4.78, 5) is 11.9. The smallest absolute Gasteiger partial charge is 0.406 e. The van der Waals surface area contributed by atoms with Crippen molar-refractivity contribution in [3.63, 3.8) is 0 Å². The van der Waals surface area contributed by atoms with Crippen LogP contribution in [0.1, 0.15) is 6.42 Å². The summed E-state index contributed by atoms with van der Waals surface area (Å²) >= 11 is 0. The predicted molar refractivity (Wildman–Crippen MR) is 84.9 cm³/mol. The summed E-state index contributed by atoms with van der Waals surface area (Å²) in [7, 11) is -3.58. The highest BCUT2D eigenvalue weighted by Crippen LogP contribution is 2.24. The van der Waals surface area contributed by atoms with Crippen LogP contribution in [0.3, 0.4) is 0 Å². The second kappa shape index (κ2) is 7.56. The van der Waals surface area contributed by atoms with Gasteiger partial charge < -0.3 is 10.1 Å². The number of anilines is 1. The molecule has 134 valence electrons. The van der Waals surface area contributed by atoms with Gasteiger partial charge in [-0.2, -0.15) is 0 Å². The number of carbonyl (C=O) groups is 1. The van der Waals surface area contributed by atoms with Gasteiger partial charge in [0.25, 0.3) is 0 Å². The third-order valence-corrected chi connectivity index (χ3v) is 4.80. The van der Waals surface area contributed by atoms with E-state index in [9.17, 15) is 26.4 Å². The number of amides is 1. The summed E-state index contributed by atoms with van der Waals surface area (Å²) < 4.78 is 64.0. The maximum atomic E-state index is 12.1. The summed E-state index contributed by atoms with van der Waals surface area (Å²) in [5, 5.41) is 2.42. The Hall–Kier alpha value is -2.55. The lowest BCUT2D eigenvalue weighted by molar-refractivity contribution is -0.274. The number of sulfone groups is 1. The molecule has 0 heterocycles. The summed E-state index contributed by atoms with van der Waals surface area (Å²) in [6, 6.07) is 12.3. The number of benzene rings is 2.